The van der Waals surface area contributed by atoms with Crippen LogP contribution in [0.15, 0.2) is 0 Å². The number of nitrogens with zero attached hydrogens (tertiary/aromatic N) is 1. The molecule has 2 unspecified atom stereocenters. The highest BCUT2D eigenvalue weighted by Gasteiger charge is 2.33. The molecule has 21 heavy (non-hydrogen) atoms. The van der Waals surface area contributed by atoms with Crippen LogP contribution in [0, 0.1) is 17.8 Å². The fourth-order valence-corrected chi connectivity index (χ4v) is 2.56. The Hall–Kier alpha value is -1.21. The molecule has 1 aliphatic heterocycles. The van der Waals surface area contributed by atoms with Gasteiger partial charge in [0.15, 0.2) is 0 Å². The molecular formula is C17H30N2O2. The third-order valence-electron chi connectivity index (χ3n) is 3.60. The monoisotopic (exact) mass is 294 g/mol. The van der Waals surface area contributed by atoms with Crippen molar-refractivity contribution in [1.82, 2.24) is 10.2 Å². The van der Waals surface area contributed by atoms with E-state index in [-0.39, 0.29) is 6.09 Å². The average Bonchev–Trinajstić information content (AvgIpc) is 2.86. The van der Waals surface area contributed by atoms with Crippen LogP contribution in [0.5, 0.6) is 0 Å². The number of amides is 1. The second-order valence-electron chi connectivity index (χ2n) is 6.67. The lowest BCUT2D eigenvalue weighted by atomic mass is 9.96. The minimum absolute atomic E-state index is 0.194. The summed E-state index contributed by atoms with van der Waals surface area (Å²) in [4.78, 5) is 13.9. The first-order chi connectivity index (χ1) is 9.87. The summed E-state index contributed by atoms with van der Waals surface area (Å²) in [5.74, 6) is 6.60. The standard InChI is InChI=1S/C17H30N2O2/c1-6-8-9-15(18-11-7-2)14-10-12-19(13-14)16(20)21-17(3,4)5/h14-15,18H,7,9-13H2,1-5H3. The summed E-state index contributed by atoms with van der Waals surface area (Å²) < 4.78 is 5.45. The van der Waals surface area contributed by atoms with Gasteiger partial charge in [-0.25, -0.2) is 4.79 Å². The molecule has 2 atom stereocenters. The maximum Gasteiger partial charge on any atom is 0.410 e. The van der Waals surface area contributed by atoms with E-state index in [1.165, 1.54) is 0 Å². The molecular weight excluding hydrogens is 264 g/mol. The van der Waals surface area contributed by atoms with E-state index >= 15 is 0 Å². The molecule has 0 aliphatic carbocycles. The Morgan fingerprint density at radius 2 is 2.19 bits per heavy atom. The van der Waals surface area contributed by atoms with Crippen LogP contribution >= 0.6 is 0 Å². The van der Waals surface area contributed by atoms with Crippen LogP contribution < -0.4 is 5.32 Å². The molecule has 4 heteroatoms. The lowest BCUT2D eigenvalue weighted by molar-refractivity contribution is 0.0285. The molecule has 120 valence electrons. The van der Waals surface area contributed by atoms with Gasteiger partial charge >= 0.3 is 6.09 Å². The van der Waals surface area contributed by atoms with E-state index in [9.17, 15) is 4.79 Å². The van der Waals surface area contributed by atoms with E-state index in [2.05, 4.69) is 24.1 Å². The van der Waals surface area contributed by atoms with Crippen molar-refractivity contribution in [3.8, 4) is 11.8 Å². The smallest absolute Gasteiger partial charge is 0.410 e. The van der Waals surface area contributed by atoms with E-state index in [4.69, 9.17) is 4.74 Å². The van der Waals surface area contributed by atoms with Crippen LogP contribution in [0.1, 0.15) is 53.9 Å². The van der Waals surface area contributed by atoms with Crippen molar-refractivity contribution in [3.05, 3.63) is 0 Å². The summed E-state index contributed by atoms with van der Waals surface area (Å²) in [7, 11) is 0. The van der Waals surface area contributed by atoms with Gasteiger partial charge in [0.05, 0.1) is 0 Å². The molecule has 0 spiro atoms. The van der Waals surface area contributed by atoms with Crippen LogP contribution in [0.25, 0.3) is 0 Å². The summed E-state index contributed by atoms with van der Waals surface area (Å²) in [5, 5.41) is 3.57. The number of nitrogens with one attached hydrogen (secondary N) is 1. The Morgan fingerprint density at radius 3 is 2.76 bits per heavy atom. The van der Waals surface area contributed by atoms with Gasteiger partial charge in [0.25, 0.3) is 0 Å². The minimum Gasteiger partial charge on any atom is -0.444 e. The third kappa shape index (κ3) is 6.39. The van der Waals surface area contributed by atoms with Crippen molar-refractivity contribution < 1.29 is 9.53 Å². The van der Waals surface area contributed by atoms with Gasteiger partial charge in [-0.3, -0.25) is 0 Å². The number of ether oxygens (including phenoxy) is 1. The minimum atomic E-state index is -0.428. The molecule has 1 saturated heterocycles. The maximum absolute atomic E-state index is 12.1. The predicted molar refractivity (Wildman–Crippen MR) is 86.1 cm³/mol. The van der Waals surface area contributed by atoms with Crippen molar-refractivity contribution in [2.75, 3.05) is 19.6 Å². The SMILES string of the molecule is CC#CCC(NCCC)C1CCN(C(=O)OC(C)(C)C)C1. The Bertz CT molecular complexity index is 390. The molecule has 0 aromatic heterocycles. The quantitative estimate of drug-likeness (QED) is 0.793. The Labute approximate surface area is 129 Å². The van der Waals surface area contributed by atoms with Gasteiger partial charge < -0.3 is 15.0 Å². The van der Waals surface area contributed by atoms with E-state index in [1.807, 2.05) is 32.6 Å². The van der Waals surface area contributed by atoms with E-state index < -0.39 is 5.60 Å². The molecule has 0 bridgehead atoms. The summed E-state index contributed by atoms with van der Waals surface area (Å²) in [6, 6.07) is 0.366. The lowest BCUT2D eigenvalue weighted by Gasteiger charge is -2.26. The topological polar surface area (TPSA) is 41.6 Å². The van der Waals surface area contributed by atoms with Crippen LogP contribution in [-0.4, -0.2) is 42.3 Å². The van der Waals surface area contributed by atoms with Crippen LogP contribution in [0.2, 0.25) is 0 Å². The zero-order valence-electron chi connectivity index (χ0n) is 14.2. The number of rotatable bonds is 5. The van der Waals surface area contributed by atoms with Gasteiger partial charge in [0.1, 0.15) is 5.60 Å². The molecule has 1 N–H and O–H groups in total. The van der Waals surface area contributed by atoms with Gasteiger partial charge in [-0.15, -0.1) is 11.8 Å². The number of hydrogen-bond acceptors (Lipinski definition) is 3. The third-order valence-corrected chi connectivity index (χ3v) is 3.60. The largest absolute Gasteiger partial charge is 0.444 e. The summed E-state index contributed by atoms with van der Waals surface area (Å²) in [5.41, 5.74) is -0.428. The number of carbonyl (C=O) groups is 1. The normalized spacial score (nSPS) is 19.9. The second-order valence-corrected chi connectivity index (χ2v) is 6.67. The first-order valence-corrected chi connectivity index (χ1v) is 7.98. The molecule has 1 aliphatic rings. The van der Waals surface area contributed by atoms with Gasteiger partial charge in [0, 0.05) is 25.6 Å². The first kappa shape index (κ1) is 17.8. The van der Waals surface area contributed by atoms with Gasteiger partial charge in [-0.2, -0.15) is 0 Å². The lowest BCUT2D eigenvalue weighted by Crippen LogP contribution is -2.40. The van der Waals surface area contributed by atoms with E-state index in [0.717, 1.165) is 38.9 Å². The Kier molecular flexibility index (Phi) is 7.04. The molecule has 0 radical (unpaired) electrons. The van der Waals surface area contributed by atoms with Crippen LogP contribution in [-0.2, 0) is 4.74 Å². The Morgan fingerprint density at radius 1 is 1.48 bits per heavy atom. The highest BCUT2D eigenvalue weighted by atomic mass is 16.6. The molecule has 0 saturated carbocycles. The fourth-order valence-electron chi connectivity index (χ4n) is 2.56. The Balaban J connectivity index is 2.55. The van der Waals surface area contributed by atoms with E-state index in [1.54, 1.807) is 0 Å². The maximum atomic E-state index is 12.1. The zero-order chi connectivity index (χ0) is 15.9. The first-order valence-electron chi connectivity index (χ1n) is 7.98. The van der Waals surface area contributed by atoms with Crippen LogP contribution in [0.4, 0.5) is 4.79 Å². The molecule has 1 heterocycles. The molecule has 4 nitrogen and oxygen atoms in total. The van der Waals surface area contributed by atoms with Crippen LogP contribution in [0.3, 0.4) is 0 Å². The number of carbonyl (C=O) groups excluding carboxylic acids is 1. The van der Waals surface area contributed by atoms with Crippen molar-refractivity contribution in [2.45, 2.75) is 65.5 Å². The summed E-state index contributed by atoms with van der Waals surface area (Å²) >= 11 is 0. The molecule has 1 amide bonds. The molecule has 1 rings (SSSR count). The molecule has 0 aromatic carbocycles. The van der Waals surface area contributed by atoms with Gasteiger partial charge in [0.2, 0.25) is 0 Å². The zero-order valence-corrected chi connectivity index (χ0v) is 14.2. The highest BCUT2D eigenvalue weighted by molar-refractivity contribution is 5.68. The highest BCUT2D eigenvalue weighted by Crippen LogP contribution is 2.23. The predicted octanol–water partition coefficient (Wildman–Crippen LogP) is 3.03. The van der Waals surface area contributed by atoms with Crippen molar-refractivity contribution >= 4 is 6.09 Å². The van der Waals surface area contributed by atoms with Gasteiger partial charge in [-0.1, -0.05) is 6.92 Å². The summed E-state index contributed by atoms with van der Waals surface area (Å²) in [6.45, 7) is 12.3. The van der Waals surface area contributed by atoms with Gasteiger partial charge in [-0.05, 0) is 53.0 Å². The number of likely N-dealkylation sites (tertiary alicyclic amines) is 1. The van der Waals surface area contributed by atoms with E-state index in [0.29, 0.717) is 12.0 Å². The average molecular weight is 294 g/mol. The fraction of sp³-hybridized carbons (Fsp3) is 0.824. The number of hydrogen-bond donors (Lipinski definition) is 1. The molecule has 1 fully saturated rings. The van der Waals surface area contributed by atoms with Crippen molar-refractivity contribution in [3.63, 3.8) is 0 Å². The van der Waals surface area contributed by atoms with Crippen molar-refractivity contribution in [2.24, 2.45) is 5.92 Å². The van der Waals surface area contributed by atoms with Crippen molar-refractivity contribution in [1.29, 1.82) is 0 Å². The summed E-state index contributed by atoms with van der Waals surface area (Å²) in [6.07, 6.45) is 2.79. The molecule has 0 aromatic rings. The second kappa shape index (κ2) is 8.29.